The van der Waals surface area contributed by atoms with Gasteiger partial charge in [0.25, 0.3) is 5.91 Å². The molecule has 0 aliphatic carbocycles. The summed E-state index contributed by atoms with van der Waals surface area (Å²) in [5, 5.41) is 2.97. The summed E-state index contributed by atoms with van der Waals surface area (Å²) in [6.45, 7) is 1.10. The Morgan fingerprint density at radius 2 is 1.69 bits per heavy atom. The Kier molecular flexibility index (Phi) is 7.32. The molecule has 6 heteroatoms. The lowest BCUT2D eigenvalue weighted by Gasteiger charge is -2.10. The fraction of sp³-hybridized carbons (Fsp3) is 0.231. The molecule has 4 aromatic rings. The van der Waals surface area contributed by atoms with Gasteiger partial charge in [-0.05, 0) is 55.3 Å². The summed E-state index contributed by atoms with van der Waals surface area (Å²) in [5.41, 5.74) is 3.27. The number of aryl methyl sites for hydroxylation is 1. The van der Waals surface area contributed by atoms with E-state index in [1.165, 1.54) is 6.07 Å². The van der Waals surface area contributed by atoms with E-state index in [4.69, 9.17) is 4.98 Å². The fourth-order valence-electron chi connectivity index (χ4n) is 3.78. The topological polar surface area (TPSA) is 46.9 Å². The van der Waals surface area contributed by atoms with Crippen molar-refractivity contribution in [2.75, 3.05) is 6.54 Å². The van der Waals surface area contributed by atoms with Crippen LogP contribution in [-0.2, 0) is 13.0 Å². The summed E-state index contributed by atoms with van der Waals surface area (Å²) in [7, 11) is 0. The third-order valence-electron chi connectivity index (χ3n) is 5.49. The zero-order valence-corrected chi connectivity index (χ0v) is 19.3. The molecule has 0 unspecified atom stereocenters. The molecule has 0 fully saturated rings. The molecule has 1 amide bonds. The SMILES string of the molecule is O=C(NCCCCCc1nc2ccccc2n1Cc1ccccc1F)c1ccc(Br)cc1. The Hall–Kier alpha value is -2.99. The first-order valence-corrected chi connectivity index (χ1v) is 11.6. The molecule has 0 aliphatic rings. The number of rotatable bonds is 9. The number of amides is 1. The average molecular weight is 494 g/mol. The molecule has 4 nitrogen and oxygen atoms in total. The molecule has 0 aliphatic heterocycles. The predicted molar refractivity (Wildman–Crippen MR) is 129 cm³/mol. The molecule has 0 saturated heterocycles. The quantitative estimate of drug-likeness (QED) is 0.285. The van der Waals surface area contributed by atoms with Gasteiger partial charge in [-0.1, -0.05) is 52.7 Å². The lowest BCUT2D eigenvalue weighted by atomic mass is 10.1. The Morgan fingerprint density at radius 1 is 0.938 bits per heavy atom. The van der Waals surface area contributed by atoms with Crippen LogP contribution in [0.25, 0.3) is 11.0 Å². The van der Waals surface area contributed by atoms with Crippen LogP contribution < -0.4 is 5.32 Å². The summed E-state index contributed by atoms with van der Waals surface area (Å²) in [6.07, 6.45) is 3.64. The van der Waals surface area contributed by atoms with Gasteiger partial charge < -0.3 is 9.88 Å². The van der Waals surface area contributed by atoms with Crippen LogP contribution in [0.3, 0.4) is 0 Å². The smallest absolute Gasteiger partial charge is 0.251 e. The molecule has 0 bridgehead atoms. The lowest BCUT2D eigenvalue weighted by Crippen LogP contribution is -2.24. The maximum atomic E-state index is 14.2. The number of hydrogen-bond acceptors (Lipinski definition) is 2. The van der Waals surface area contributed by atoms with E-state index in [-0.39, 0.29) is 11.7 Å². The summed E-state index contributed by atoms with van der Waals surface area (Å²) in [5.74, 6) is 0.718. The molecule has 0 radical (unpaired) electrons. The van der Waals surface area contributed by atoms with E-state index >= 15 is 0 Å². The van der Waals surface area contributed by atoms with Crippen molar-refractivity contribution in [3.05, 3.63) is 100 Å². The first-order chi connectivity index (χ1) is 15.6. The fourth-order valence-corrected chi connectivity index (χ4v) is 4.04. The highest BCUT2D eigenvalue weighted by Crippen LogP contribution is 2.20. The van der Waals surface area contributed by atoms with Gasteiger partial charge in [0, 0.05) is 28.6 Å². The molecule has 32 heavy (non-hydrogen) atoms. The van der Waals surface area contributed by atoms with Crippen LogP contribution in [0.5, 0.6) is 0 Å². The van der Waals surface area contributed by atoms with Gasteiger partial charge in [0.1, 0.15) is 11.6 Å². The third kappa shape index (κ3) is 5.43. The Labute approximate surface area is 195 Å². The molecule has 0 saturated carbocycles. The number of halogens is 2. The highest BCUT2D eigenvalue weighted by Gasteiger charge is 2.12. The average Bonchev–Trinajstić information content (AvgIpc) is 3.15. The second-order valence-electron chi connectivity index (χ2n) is 7.77. The first kappa shape index (κ1) is 22.2. The van der Waals surface area contributed by atoms with E-state index in [2.05, 4.69) is 25.8 Å². The minimum Gasteiger partial charge on any atom is -0.352 e. The minimum atomic E-state index is -0.197. The highest BCUT2D eigenvalue weighted by atomic mass is 79.9. The van der Waals surface area contributed by atoms with Crippen molar-refractivity contribution >= 4 is 32.9 Å². The molecule has 1 N–H and O–H groups in total. The lowest BCUT2D eigenvalue weighted by molar-refractivity contribution is 0.0953. The monoisotopic (exact) mass is 493 g/mol. The number of unbranched alkanes of at least 4 members (excludes halogenated alkanes) is 2. The van der Waals surface area contributed by atoms with Gasteiger partial charge in [-0.3, -0.25) is 4.79 Å². The number of aromatic nitrogens is 2. The van der Waals surface area contributed by atoms with Gasteiger partial charge in [0.2, 0.25) is 0 Å². The minimum absolute atomic E-state index is 0.0517. The molecular formula is C26H25BrFN3O. The second kappa shape index (κ2) is 10.6. The number of imidazole rings is 1. The van der Waals surface area contributed by atoms with E-state index in [1.807, 2.05) is 48.5 Å². The van der Waals surface area contributed by atoms with Crippen molar-refractivity contribution in [2.45, 2.75) is 32.2 Å². The summed E-state index contributed by atoms with van der Waals surface area (Å²) in [4.78, 5) is 17.0. The normalized spacial score (nSPS) is 11.1. The number of benzene rings is 3. The number of hydrogen-bond donors (Lipinski definition) is 1. The zero-order chi connectivity index (χ0) is 22.3. The molecule has 0 atom stereocenters. The second-order valence-corrected chi connectivity index (χ2v) is 8.68. The van der Waals surface area contributed by atoms with Crippen LogP contribution in [-0.4, -0.2) is 22.0 Å². The summed E-state index contributed by atoms with van der Waals surface area (Å²) >= 11 is 3.38. The molecule has 0 spiro atoms. The predicted octanol–water partition coefficient (Wildman–Crippen LogP) is 6.13. The van der Waals surface area contributed by atoms with Crippen LogP contribution in [0.4, 0.5) is 4.39 Å². The van der Waals surface area contributed by atoms with Crippen LogP contribution >= 0.6 is 15.9 Å². The standard InChI is InChI=1S/C26H25BrFN3O/c27-21-15-13-19(14-16-21)26(32)29-17-7-1-2-12-25-30-23-10-5-6-11-24(23)31(25)18-20-8-3-4-9-22(20)28/h3-6,8-11,13-16H,1-2,7,12,17-18H2,(H,29,32). The first-order valence-electron chi connectivity index (χ1n) is 10.8. The number of carbonyl (C=O) groups is 1. The van der Waals surface area contributed by atoms with E-state index in [1.54, 1.807) is 18.2 Å². The van der Waals surface area contributed by atoms with Gasteiger partial charge in [-0.15, -0.1) is 0 Å². The number of fused-ring (bicyclic) bond motifs is 1. The van der Waals surface area contributed by atoms with Crippen molar-refractivity contribution < 1.29 is 9.18 Å². The Balaban J connectivity index is 1.33. The molecular weight excluding hydrogens is 469 g/mol. The number of nitrogens with zero attached hydrogens (tertiary/aromatic N) is 2. The Bertz CT molecular complexity index is 1200. The number of para-hydroxylation sites is 2. The maximum absolute atomic E-state index is 14.2. The Morgan fingerprint density at radius 3 is 2.50 bits per heavy atom. The number of carbonyl (C=O) groups excluding carboxylic acids is 1. The zero-order valence-electron chi connectivity index (χ0n) is 17.7. The largest absolute Gasteiger partial charge is 0.352 e. The van der Waals surface area contributed by atoms with Gasteiger partial charge >= 0.3 is 0 Å². The van der Waals surface area contributed by atoms with Gasteiger partial charge in [-0.25, -0.2) is 9.37 Å². The van der Waals surface area contributed by atoms with Gasteiger partial charge in [0.15, 0.2) is 0 Å². The van der Waals surface area contributed by atoms with E-state index < -0.39 is 0 Å². The molecule has 1 aromatic heterocycles. The third-order valence-corrected chi connectivity index (χ3v) is 6.02. The van der Waals surface area contributed by atoms with E-state index in [0.29, 0.717) is 24.2 Å². The van der Waals surface area contributed by atoms with E-state index in [9.17, 15) is 9.18 Å². The van der Waals surface area contributed by atoms with Crippen LogP contribution in [0, 0.1) is 5.82 Å². The molecule has 4 rings (SSSR count). The highest BCUT2D eigenvalue weighted by molar-refractivity contribution is 9.10. The summed E-state index contributed by atoms with van der Waals surface area (Å²) < 4.78 is 17.3. The van der Waals surface area contributed by atoms with Crippen LogP contribution in [0.2, 0.25) is 0 Å². The molecule has 3 aromatic carbocycles. The van der Waals surface area contributed by atoms with Gasteiger partial charge in [-0.2, -0.15) is 0 Å². The van der Waals surface area contributed by atoms with Crippen molar-refractivity contribution in [3.63, 3.8) is 0 Å². The van der Waals surface area contributed by atoms with Crippen LogP contribution in [0.15, 0.2) is 77.3 Å². The molecule has 1 heterocycles. The van der Waals surface area contributed by atoms with Crippen molar-refractivity contribution in [1.29, 1.82) is 0 Å². The van der Waals surface area contributed by atoms with E-state index in [0.717, 1.165) is 47.0 Å². The number of nitrogens with one attached hydrogen (secondary N) is 1. The van der Waals surface area contributed by atoms with Gasteiger partial charge in [0.05, 0.1) is 17.6 Å². The molecule has 164 valence electrons. The van der Waals surface area contributed by atoms with Crippen LogP contribution in [0.1, 0.15) is 41.0 Å². The van der Waals surface area contributed by atoms with Crippen molar-refractivity contribution in [3.8, 4) is 0 Å². The van der Waals surface area contributed by atoms with Crippen molar-refractivity contribution in [1.82, 2.24) is 14.9 Å². The van der Waals surface area contributed by atoms with Crippen molar-refractivity contribution in [2.24, 2.45) is 0 Å². The summed E-state index contributed by atoms with van der Waals surface area (Å²) in [6, 6.07) is 22.2. The maximum Gasteiger partial charge on any atom is 0.251 e.